The van der Waals surface area contributed by atoms with Gasteiger partial charge in [-0.1, -0.05) is 18.2 Å². The van der Waals surface area contributed by atoms with Crippen molar-refractivity contribution in [2.24, 2.45) is 11.5 Å². The maximum absolute atomic E-state index is 13.7. The third-order valence-corrected chi connectivity index (χ3v) is 9.45. The van der Waals surface area contributed by atoms with Crippen molar-refractivity contribution in [3.05, 3.63) is 83.0 Å². The molecule has 3 fully saturated rings. The SMILES string of the molecule is CN/C(N)=C/C(Nc1cccc2c1N(C)Cc1c-2cnn1C1CN(Cc2cccc(C(=O)N3CCC(F)(F)C3)n2)C1)=C(\N)C(=O)NC1CC1. The summed E-state index contributed by atoms with van der Waals surface area (Å²) in [6, 6.07) is 11.5. The lowest BCUT2D eigenvalue weighted by atomic mass is 9.97. The van der Waals surface area contributed by atoms with E-state index in [4.69, 9.17) is 16.6 Å². The van der Waals surface area contributed by atoms with Gasteiger partial charge < -0.3 is 37.2 Å². The van der Waals surface area contributed by atoms with Crippen LogP contribution in [0.15, 0.2) is 65.9 Å². The van der Waals surface area contributed by atoms with Crippen LogP contribution < -0.4 is 32.3 Å². The highest BCUT2D eigenvalue weighted by molar-refractivity contribution is 5.96. The van der Waals surface area contributed by atoms with E-state index in [1.807, 2.05) is 31.4 Å². The minimum absolute atomic E-state index is 0.0339. The first kappa shape index (κ1) is 32.4. The molecule has 0 unspecified atom stereocenters. The molecule has 2 aromatic heterocycles. The summed E-state index contributed by atoms with van der Waals surface area (Å²) in [7, 11) is 3.72. The van der Waals surface area contributed by atoms with Crippen molar-refractivity contribution < 1.29 is 18.4 Å². The second-order valence-corrected chi connectivity index (χ2v) is 13.3. The van der Waals surface area contributed by atoms with Crippen LogP contribution in [-0.4, -0.2) is 88.6 Å². The summed E-state index contributed by atoms with van der Waals surface area (Å²) >= 11 is 0. The fourth-order valence-corrected chi connectivity index (χ4v) is 6.64. The number of anilines is 2. The Kier molecular flexibility index (Phi) is 8.38. The molecule has 3 aromatic rings. The minimum atomic E-state index is -2.84. The van der Waals surface area contributed by atoms with Gasteiger partial charge in [-0.05, 0) is 31.0 Å². The highest BCUT2D eigenvalue weighted by Crippen LogP contribution is 2.44. The number of amides is 2. The van der Waals surface area contributed by atoms with Gasteiger partial charge in [0, 0.05) is 69.9 Å². The number of fused-ring (bicyclic) bond motifs is 3. The number of carbonyl (C=O) groups excluding carboxylic acids is 2. The molecule has 13 nitrogen and oxygen atoms in total. The first-order valence-electron chi connectivity index (χ1n) is 16.5. The molecule has 1 aliphatic carbocycles. The van der Waals surface area contributed by atoms with Crippen LogP contribution in [0.1, 0.15) is 47.2 Å². The van der Waals surface area contributed by atoms with E-state index in [1.165, 1.54) is 4.90 Å². The normalized spacial score (nSPS) is 19.5. The molecule has 2 saturated heterocycles. The van der Waals surface area contributed by atoms with E-state index >= 15 is 0 Å². The van der Waals surface area contributed by atoms with Gasteiger partial charge in [-0.3, -0.25) is 19.2 Å². The monoisotopic (exact) mass is 673 g/mol. The molecule has 0 spiro atoms. The molecular weight excluding hydrogens is 632 g/mol. The van der Waals surface area contributed by atoms with Crippen LogP contribution in [0.3, 0.4) is 0 Å². The maximum atomic E-state index is 13.7. The van der Waals surface area contributed by atoms with Gasteiger partial charge in [0.2, 0.25) is 0 Å². The zero-order chi connectivity index (χ0) is 34.4. The lowest BCUT2D eigenvalue weighted by Crippen LogP contribution is -2.48. The zero-order valence-electron chi connectivity index (χ0n) is 27.5. The van der Waals surface area contributed by atoms with Crippen molar-refractivity contribution in [1.82, 2.24) is 35.2 Å². The van der Waals surface area contributed by atoms with E-state index in [9.17, 15) is 18.4 Å². The average molecular weight is 674 g/mol. The predicted molar refractivity (Wildman–Crippen MR) is 181 cm³/mol. The number of pyridine rings is 1. The van der Waals surface area contributed by atoms with E-state index in [2.05, 4.69) is 41.5 Å². The molecule has 5 heterocycles. The number of benzene rings is 1. The van der Waals surface area contributed by atoms with Crippen LogP contribution in [0.25, 0.3) is 11.1 Å². The molecule has 0 atom stereocenters. The van der Waals surface area contributed by atoms with Crippen LogP contribution in [0.5, 0.6) is 0 Å². The maximum Gasteiger partial charge on any atom is 0.272 e. The highest BCUT2D eigenvalue weighted by atomic mass is 19.3. The molecule has 0 bridgehead atoms. The number of hydrogen-bond donors (Lipinski definition) is 5. The van der Waals surface area contributed by atoms with E-state index in [0.29, 0.717) is 24.6 Å². The number of alkyl halides is 2. The van der Waals surface area contributed by atoms with Crippen molar-refractivity contribution in [2.75, 3.05) is 50.5 Å². The Labute approximate surface area is 283 Å². The summed E-state index contributed by atoms with van der Waals surface area (Å²) in [5.41, 5.74) is 18.6. The Balaban J connectivity index is 1.05. The van der Waals surface area contributed by atoms with Gasteiger partial charge in [0.1, 0.15) is 11.4 Å². The number of para-hydroxylation sites is 1. The Morgan fingerprint density at radius 1 is 1.10 bits per heavy atom. The fourth-order valence-electron chi connectivity index (χ4n) is 6.64. The summed E-state index contributed by atoms with van der Waals surface area (Å²) in [6.07, 6.45) is 5.10. The molecule has 3 aliphatic heterocycles. The number of aromatic nitrogens is 3. The van der Waals surface area contributed by atoms with Crippen molar-refractivity contribution in [3.8, 4) is 11.1 Å². The van der Waals surface area contributed by atoms with E-state index in [0.717, 1.165) is 59.8 Å². The second kappa shape index (κ2) is 12.7. The van der Waals surface area contributed by atoms with Crippen LogP contribution in [0.2, 0.25) is 0 Å². The largest absolute Gasteiger partial charge is 0.393 e. The number of hydrogen-bond acceptors (Lipinski definition) is 10. The van der Waals surface area contributed by atoms with Gasteiger partial charge >= 0.3 is 0 Å². The molecule has 49 heavy (non-hydrogen) atoms. The van der Waals surface area contributed by atoms with Gasteiger partial charge in [0.05, 0.1) is 59.6 Å². The average Bonchev–Trinajstić information content (AvgIpc) is 3.67. The molecular formula is C34H41F2N11O2. The molecule has 7 rings (SSSR count). The predicted octanol–water partition coefficient (Wildman–Crippen LogP) is 2.31. The van der Waals surface area contributed by atoms with Crippen LogP contribution in [0, 0.1) is 0 Å². The third-order valence-electron chi connectivity index (χ3n) is 9.45. The quantitative estimate of drug-likeness (QED) is 0.160. The highest BCUT2D eigenvalue weighted by Gasteiger charge is 2.41. The molecule has 1 aromatic carbocycles. The van der Waals surface area contributed by atoms with Crippen molar-refractivity contribution in [1.29, 1.82) is 0 Å². The van der Waals surface area contributed by atoms with Crippen molar-refractivity contribution in [2.45, 2.75) is 50.4 Å². The second-order valence-electron chi connectivity index (χ2n) is 13.3. The van der Waals surface area contributed by atoms with Crippen molar-refractivity contribution in [3.63, 3.8) is 0 Å². The van der Waals surface area contributed by atoms with Gasteiger partial charge in [-0.15, -0.1) is 0 Å². The number of nitrogens with zero attached hydrogens (tertiary/aromatic N) is 6. The number of nitrogens with two attached hydrogens (primary N) is 2. The molecule has 2 amide bonds. The fraction of sp³-hybridized carbons (Fsp3) is 0.412. The smallest absolute Gasteiger partial charge is 0.272 e. The van der Waals surface area contributed by atoms with Crippen molar-refractivity contribution >= 4 is 23.2 Å². The Morgan fingerprint density at radius 2 is 1.88 bits per heavy atom. The van der Waals surface area contributed by atoms with E-state index in [1.54, 1.807) is 25.3 Å². The van der Waals surface area contributed by atoms with Gasteiger partial charge in [-0.25, -0.2) is 13.8 Å². The van der Waals surface area contributed by atoms with Gasteiger partial charge in [0.15, 0.2) is 0 Å². The van der Waals surface area contributed by atoms with Crippen LogP contribution in [0.4, 0.5) is 20.2 Å². The van der Waals surface area contributed by atoms with Gasteiger partial charge in [0.25, 0.3) is 17.7 Å². The Bertz CT molecular complexity index is 1840. The summed E-state index contributed by atoms with van der Waals surface area (Å²) in [5, 5.41) is 14.0. The molecule has 0 radical (unpaired) electrons. The lowest BCUT2D eigenvalue weighted by Gasteiger charge is -2.40. The van der Waals surface area contributed by atoms with Crippen LogP contribution >= 0.6 is 0 Å². The number of carbonyl (C=O) groups is 2. The van der Waals surface area contributed by atoms with Crippen LogP contribution in [-0.2, 0) is 17.9 Å². The molecule has 4 aliphatic rings. The first-order chi connectivity index (χ1) is 23.5. The molecule has 15 heteroatoms. The van der Waals surface area contributed by atoms with Gasteiger partial charge in [-0.2, -0.15) is 5.10 Å². The lowest BCUT2D eigenvalue weighted by molar-refractivity contribution is -0.117. The molecule has 258 valence electrons. The molecule has 7 N–H and O–H groups in total. The Morgan fingerprint density at radius 3 is 2.59 bits per heavy atom. The van der Waals surface area contributed by atoms with E-state index in [-0.39, 0.29) is 42.3 Å². The minimum Gasteiger partial charge on any atom is -0.393 e. The number of rotatable bonds is 10. The van der Waals surface area contributed by atoms with E-state index < -0.39 is 18.4 Å². The topological polar surface area (TPSA) is 163 Å². The zero-order valence-corrected chi connectivity index (χ0v) is 27.5. The standard InChI is InChI=1S/C34H41F2N11O2/c1-39-29(37)13-27(30(38)32(48)42-20-9-10-20)43-25-7-4-6-23-24-14-40-47(28(24)18-44(2)31(23)25)22-16-45(17-22)15-21-5-3-8-26(41-21)33(49)46-12-11-34(35,36)19-46/h3-8,13-14,20,22,39,43H,9-12,15-19,37-38H2,1-2H3,(H,42,48)/b29-13+,30-27+. The summed E-state index contributed by atoms with van der Waals surface area (Å²) < 4.78 is 29.4. The number of nitrogens with one attached hydrogen (secondary N) is 3. The number of allylic oxidation sites excluding steroid dienone is 1. The summed E-state index contributed by atoms with van der Waals surface area (Å²) in [6.45, 7) is 2.13. The first-order valence-corrected chi connectivity index (χ1v) is 16.5. The number of halogens is 2. The third kappa shape index (κ3) is 6.62. The molecule has 1 saturated carbocycles. The Hall–Kier alpha value is -5.18. The summed E-state index contributed by atoms with van der Waals surface area (Å²) in [4.78, 5) is 35.7. The summed E-state index contributed by atoms with van der Waals surface area (Å²) in [5.74, 6) is -3.29. The number of likely N-dealkylation sites (tertiary alicyclic amines) is 2.